The van der Waals surface area contributed by atoms with Crippen molar-refractivity contribution < 1.29 is 24.5 Å². The first-order valence-corrected chi connectivity index (χ1v) is 4.40. The van der Waals surface area contributed by atoms with Gasteiger partial charge in [-0.2, -0.15) is 0 Å². The van der Waals surface area contributed by atoms with Crippen molar-refractivity contribution in [1.29, 1.82) is 0 Å². The molecule has 0 spiro atoms. The molecular formula is C9H16O5. The Morgan fingerprint density at radius 1 is 1.64 bits per heavy atom. The number of rotatable bonds is 7. The first-order chi connectivity index (χ1) is 6.58. The largest absolute Gasteiger partial charge is 0.403 e. The molecule has 0 saturated carbocycles. The van der Waals surface area contributed by atoms with Crippen LogP contribution in [0.1, 0.15) is 19.8 Å². The summed E-state index contributed by atoms with van der Waals surface area (Å²) >= 11 is 0. The van der Waals surface area contributed by atoms with Crippen LogP contribution in [0.4, 0.5) is 0 Å². The van der Waals surface area contributed by atoms with Crippen LogP contribution in [0, 0.1) is 0 Å². The number of carbonyl (C=O) groups excluding carboxylic acids is 1. The van der Waals surface area contributed by atoms with Gasteiger partial charge in [-0.25, -0.2) is 4.79 Å². The Kier molecular flexibility index (Phi) is 6.11. The molecular weight excluding hydrogens is 188 g/mol. The van der Waals surface area contributed by atoms with Gasteiger partial charge in [0, 0.05) is 6.08 Å². The van der Waals surface area contributed by atoms with Gasteiger partial charge in [-0.1, -0.05) is 19.9 Å². The molecule has 0 aromatic carbocycles. The lowest BCUT2D eigenvalue weighted by molar-refractivity contribution is -0.352. The molecule has 1 atom stereocenters. The summed E-state index contributed by atoms with van der Waals surface area (Å²) in [6, 6.07) is 0. The van der Waals surface area contributed by atoms with Gasteiger partial charge in [0.1, 0.15) is 6.61 Å². The lowest BCUT2D eigenvalue weighted by Crippen LogP contribution is -2.41. The van der Waals surface area contributed by atoms with E-state index in [4.69, 9.17) is 9.84 Å². The number of hydrogen-bond acceptors (Lipinski definition) is 5. The van der Waals surface area contributed by atoms with E-state index < -0.39 is 18.5 Å². The van der Waals surface area contributed by atoms with Crippen LogP contribution in [0.2, 0.25) is 0 Å². The molecule has 0 aliphatic rings. The summed E-state index contributed by atoms with van der Waals surface area (Å²) in [5.74, 6) is -3.10. The van der Waals surface area contributed by atoms with Crippen LogP contribution in [0.5, 0.6) is 0 Å². The number of unbranched alkanes of at least 4 members (excludes halogenated alkanes) is 1. The van der Waals surface area contributed by atoms with E-state index in [0.717, 1.165) is 12.5 Å². The third-order valence-electron chi connectivity index (χ3n) is 1.45. The summed E-state index contributed by atoms with van der Waals surface area (Å²) in [7, 11) is 0. The molecule has 0 aliphatic carbocycles. The smallest absolute Gasteiger partial charge is 0.351 e. The number of aliphatic hydroxyl groups excluding tert-OH is 1. The minimum atomic E-state index is -2.25. The van der Waals surface area contributed by atoms with Gasteiger partial charge in [0.15, 0.2) is 0 Å². The van der Waals surface area contributed by atoms with E-state index in [0.29, 0.717) is 6.42 Å². The first-order valence-electron chi connectivity index (χ1n) is 4.40. The van der Waals surface area contributed by atoms with E-state index in [9.17, 15) is 9.90 Å². The quantitative estimate of drug-likeness (QED) is 0.267. The van der Waals surface area contributed by atoms with Crippen molar-refractivity contribution in [2.75, 3.05) is 13.2 Å². The van der Waals surface area contributed by atoms with Gasteiger partial charge in [-0.3, -0.25) is 0 Å². The molecule has 0 rings (SSSR count). The molecule has 5 heteroatoms. The van der Waals surface area contributed by atoms with Gasteiger partial charge >= 0.3 is 11.9 Å². The fraction of sp³-hybridized carbons (Fsp3) is 0.667. The van der Waals surface area contributed by atoms with Crippen molar-refractivity contribution >= 4 is 5.97 Å². The lowest BCUT2D eigenvalue weighted by atomic mass is 10.4. The van der Waals surface area contributed by atoms with Crippen molar-refractivity contribution in [3.63, 3.8) is 0 Å². The highest BCUT2D eigenvalue weighted by molar-refractivity contribution is 5.81. The van der Waals surface area contributed by atoms with Gasteiger partial charge < -0.3 is 19.7 Å². The molecule has 0 radical (unpaired) electrons. The highest BCUT2D eigenvalue weighted by atomic mass is 16.8. The van der Waals surface area contributed by atoms with Crippen molar-refractivity contribution in [3.05, 3.63) is 12.7 Å². The van der Waals surface area contributed by atoms with Gasteiger partial charge in [0.05, 0.1) is 6.61 Å². The molecule has 0 bridgehead atoms. The topological polar surface area (TPSA) is 76.0 Å². The van der Waals surface area contributed by atoms with Crippen molar-refractivity contribution in [1.82, 2.24) is 0 Å². The minimum Gasteiger partial charge on any atom is -0.403 e. The number of carbonyl (C=O) groups is 1. The summed E-state index contributed by atoms with van der Waals surface area (Å²) < 4.78 is 9.22. The zero-order valence-corrected chi connectivity index (χ0v) is 8.23. The molecule has 0 saturated heterocycles. The molecule has 0 heterocycles. The second-order valence-corrected chi connectivity index (χ2v) is 2.70. The van der Waals surface area contributed by atoms with Crippen LogP contribution < -0.4 is 0 Å². The van der Waals surface area contributed by atoms with Crippen molar-refractivity contribution in [2.24, 2.45) is 0 Å². The SMILES string of the molecule is C=CC(=O)OC(O)(CO)OCCCC. The second kappa shape index (κ2) is 6.53. The maximum atomic E-state index is 10.7. The highest BCUT2D eigenvalue weighted by Gasteiger charge is 2.31. The Morgan fingerprint density at radius 2 is 2.29 bits per heavy atom. The summed E-state index contributed by atoms with van der Waals surface area (Å²) in [5.41, 5.74) is 0. The Balaban J connectivity index is 4.03. The number of aliphatic hydroxyl groups is 2. The molecule has 0 fully saturated rings. The van der Waals surface area contributed by atoms with Crippen LogP contribution in [0.3, 0.4) is 0 Å². The van der Waals surface area contributed by atoms with Crippen molar-refractivity contribution in [3.8, 4) is 0 Å². The third-order valence-corrected chi connectivity index (χ3v) is 1.45. The summed E-state index contributed by atoms with van der Waals surface area (Å²) in [6.07, 6.45) is 2.45. The van der Waals surface area contributed by atoms with Crippen LogP contribution in [-0.2, 0) is 14.3 Å². The summed E-state index contributed by atoms with van der Waals surface area (Å²) in [5, 5.41) is 18.1. The van der Waals surface area contributed by atoms with Gasteiger partial charge in [-0.05, 0) is 6.42 Å². The molecule has 0 aromatic rings. The van der Waals surface area contributed by atoms with Crippen molar-refractivity contribution in [2.45, 2.75) is 25.7 Å². The molecule has 0 amide bonds. The summed E-state index contributed by atoms with van der Waals surface area (Å²) in [6.45, 7) is 4.49. The standard InChI is InChI=1S/C9H16O5/c1-3-5-6-13-9(12,7-10)14-8(11)4-2/h4,10,12H,2-3,5-7H2,1H3. The molecule has 1 unspecified atom stereocenters. The number of hydrogen-bond donors (Lipinski definition) is 2. The first kappa shape index (κ1) is 13.1. The Hall–Kier alpha value is -0.910. The van der Waals surface area contributed by atoms with Crippen LogP contribution in [0.25, 0.3) is 0 Å². The molecule has 5 nitrogen and oxygen atoms in total. The minimum absolute atomic E-state index is 0.206. The number of ether oxygens (including phenoxy) is 2. The molecule has 14 heavy (non-hydrogen) atoms. The van der Waals surface area contributed by atoms with E-state index >= 15 is 0 Å². The Morgan fingerprint density at radius 3 is 2.71 bits per heavy atom. The summed E-state index contributed by atoms with van der Waals surface area (Å²) in [4.78, 5) is 10.7. The van der Waals surface area contributed by atoms with Gasteiger partial charge in [-0.15, -0.1) is 0 Å². The monoisotopic (exact) mass is 204 g/mol. The fourth-order valence-electron chi connectivity index (χ4n) is 0.682. The molecule has 0 aliphatic heterocycles. The zero-order chi connectivity index (χ0) is 11.0. The van der Waals surface area contributed by atoms with E-state index in [1.165, 1.54) is 0 Å². The molecule has 82 valence electrons. The third kappa shape index (κ3) is 4.96. The average Bonchev–Trinajstić information content (AvgIpc) is 2.18. The Bertz CT molecular complexity index is 192. The van der Waals surface area contributed by atoms with E-state index in [1.807, 2.05) is 6.92 Å². The van der Waals surface area contributed by atoms with Crippen LogP contribution >= 0.6 is 0 Å². The predicted octanol–water partition coefficient (Wildman–Crippen LogP) is 0.171. The van der Waals surface area contributed by atoms with E-state index in [-0.39, 0.29) is 6.61 Å². The molecule has 0 aromatic heterocycles. The zero-order valence-electron chi connectivity index (χ0n) is 8.23. The van der Waals surface area contributed by atoms with Crippen LogP contribution in [0.15, 0.2) is 12.7 Å². The fourth-order valence-corrected chi connectivity index (χ4v) is 0.682. The maximum absolute atomic E-state index is 10.7. The maximum Gasteiger partial charge on any atom is 0.351 e. The normalized spacial score (nSPS) is 14.5. The lowest BCUT2D eigenvalue weighted by Gasteiger charge is -2.24. The van der Waals surface area contributed by atoms with E-state index in [1.54, 1.807) is 0 Å². The highest BCUT2D eigenvalue weighted by Crippen LogP contribution is 2.09. The van der Waals surface area contributed by atoms with E-state index in [2.05, 4.69) is 11.3 Å². The second-order valence-electron chi connectivity index (χ2n) is 2.70. The average molecular weight is 204 g/mol. The predicted molar refractivity (Wildman–Crippen MR) is 49.2 cm³/mol. The van der Waals surface area contributed by atoms with Gasteiger partial charge in [0.2, 0.25) is 0 Å². The van der Waals surface area contributed by atoms with Crippen LogP contribution in [-0.4, -0.2) is 35.4 Å². The number of esters is 1. The molecule has 2 N–H and O–H groups in total. The Labute approximate surface area is 82.9 Å². The van der Waals surface area contributed by atoms with Gasteiger partial charge in [0.25, 0.3) is 0 Å².